The first-order valence-corrected chi connectivity index (χ1v) is 6.01. The molecule has 100 valence electrons. The molecule has 4 nitrogen and oxygen atoms in total. The summed E-state index contributed by atoms with van der Waals surface area (Å²) in [5.41, 5.74) is 6.10. The van der Waals surface area contributed by atoms with E-state index in [1.165, 1.54) is 18.2 Å². The molecule has 3 N–H and O–H groups in total. The molecule has 1 unspecified atom stereocenters. The minimum atomic E-state index is -0.483. The average molecular weight is 253 g/mol. The van der Waals surface area contributed by atoms with Gasteiger partial charge in [0, 0.05) is 5.69 Å². The molecule has 1 amide bonds. The number of nitrogens with zero attached hydrogens (tertiary/aromatic N) is 1. The van der Waals surface area contributed by atoms with Gasteiger partial charge in [-0.05, 0) is 45.1 Å². The number of nitrogen functional groups attached to an aromatic ring is 1. The van der Waals surface area contributed by atoms with E-state index in [1.54, 1.807) is 6.92 Å². The Balaban J connectivity index is 2.72. The highest BCUT2D eigenvalue weighted by Crippen LogP contribution is 2.17. The molecular weight excluding hydrogens is 233 g/mol. The zero-order chi connectivity index (χ0) is 13.7. The lowest BCUT2D eigenvalue weighted by molar-refractivity contribution is -0.120. The normalized spacial score (nSPS) is 12.5. The number of nitrogens with one attached hydrogen (secondary N) is 1. The Morgan fingerprint density at radius 3 is 2.83 bits per heavy atom. The van der Waals surface area contributed by atoms with Gasteiger partial charge >= 0.3 is 0 Å². The van der Waals surface area contributed by atoms with Crippen LogP contribution in [0.5, 0.6) is 0 Å². The van der Waals surface area contributed by atoms with Gasteiger partial charge in [-0.3, -0.25) is 9.69 Å². The van der Waals surface area contributed by atoms with Crippen molar-refractivity contribution in [2.24, 2.45) is 0 Å². The highest BCUT2D eigenvalue weighted by atomic mass is 19.1. The molecule has 18 heavy (non-hydrogen) atoms. The van der Waals surface area contributed by atoms with Gasteiger partial charge in [-0.1, -0.05) is 6.92 Å². The number of benzene rings is 1. The predicted octanol–water partition coefficient (Wildman–Crippen LogP) is 2.08. The van der Waals surface area contributed by atoms with Crippen LogP contribution in [-0.4, -0.2) is 30.4 Å². The number of hydrogen-bond acceptors (Lipinski definition) is 3. The Morgan fingerprint density at radius 2 is 2.22 bits per heavy atom. The number of carbonyl (C=O) groups is 1. The van der Waals surface area contributed by atoms with Crippen molar-refractivity contribution >= 4 is 17.3 Å². The van der Waals surface area contributed by atoms with E-state index in [0.29, 0.717) is 5.69 Å². The molecule has 0 aliphatic carbocycles. The molecular formula is C13H20FN3O. The van der Waals surface area contributed by atoms with Crippen molar-refractivity contribution in [3.05, 3.63) is 24.0 Å². The third-order valence-electron chi connectivity index (χ3n) is 2.87. The smallest absolute Gasteiger partial charge is 0.241 e. The molecule has 1 aromatic rings. The van der Waals surface area contributed by atoms with Crippen LogP contribution in [0.25, 0.3) is 0 Å². The Morgan fingerprint density at radius 1 is 1.56 bits per heavy atom. The summed E-state index contributed by atoms with van der Waals surface area (Å²) in [5.74, 6) is -0.724. The van der Waals surface area contributed by atoms with Crippen LogP contribution in [0.3, 0.4) is 0 Å². The quantitative estimate of drug-likeness (QED) is 0.790. The largest absolute Gasteiger partial charge is 0.399 e. The number of amides is 1. The highest BCUT2D eigenvalue weighted by Gasteiger charge is 2.18. The molecule has 1 rings (SSSR count). The van der Waals surface area contributed by atoms with Crippen LogP contribution >= 0.6 is 0 Å². The zero-order valence-electron chi connectivity index (χ0n) is 11.0. The molecule has 0 saturated heterocycles. The predicted molar refractivity (Wildman–Crippen MR) is 71.8 cm³/mol. The average Bonchev–Trinajstić information content (AvgIpc) is 2.33. The van der Waals surface area contributed by atoms with Gasteiger partial charge in [0.05, 0.1) is 11.7 Å². The van der Waals surface area contributed by atoms with E-state index in [1.807, 2.05) is 18.9 Å². The lowest BCUT2D eigenvalue weighted by Crippen LogP contribution is -2.40. The Hall–Kier alpha value is -1.62. The van der Waals surface area contributed by atoms with Gasteiger partial charge in [0.25, 0.3) is 0 Å². The molecule has 1 atom stereocenters. The van der Waals surface area contributed by atoms with Crippen molar-refractivity contribution in [3.8, 4) is 0 Å². The summed E-state index contributed by atoms with van der Waals surface area (Å²) in [5, 5.41) is 2.55. The van der Waals surface area contributed by atoms with Crippen molar-refractivity contribution in [2.75, 3.05) is 24.6 Å². The monoisotopic (exact) mass is 253 g/mol. The summed E-state index contributed by atoms with van der Waals surface area (Å²) >= 11 is 0. The van der Waals surface area contributed by atoms with Gasteiger partial charge in [-0.2, -0.15) is 0 Å². The van der Waals surface area contributed by atoms with Crippen LogP contribution in [0.15, 0.2) is 18.2 Å². The van der Waals surface area contributed by atoms with Gasteiger partial charge in [0.2, 0.25) is 5.91 Å². The van der Waals surface area contributed by atoms with Gasteiger partial charge in [-0.25, -0.2) is 4.39 Å². The number of halogens is 1. The molecule has 0 fully saturated rings. The van der Waals surface area contributed by atoms with Crippen molar-refractivity contribution in [2.45, 2.75) is 26.3 Å². The topological polar surface area (TPSA) is 58.4 Å². The number of carbonyl (C=O) groups excluding carboxylic acids is 1. The van der Waals surface area contributed by atoms with E-state index in [0.717, 1.165) is 13.0 Å². The Bertz CT molecular complexity index is 423. The molecule has 0 radical (unpaired) electrons. The van der Waals surface area contributed by atoms with E-state index < -0.39 is 5.82 Å². The van der Waals surface area contributed by atoms with Crippen LogP contribution in [-0.2, 0) is 4.79 Å². The molecule has 0 bridgehead atoms. The number of hydrogen-bond donors (Lipinski definition) is 2. The van der Waals surface area contributed by atoms with E-state index in [-0.39, 0.29) is 17.6 Å². The molecule has 1 aromatic carbocycles. The first-order valence-electron chi connectivity index (χ1n) is 6.01. The summed E-state index contributed by atoms with van der Waals surface area (Å²) in [6, 6.07) is 3.80. The van der Waals surface area contributed by atoms with E-state index in [4.69, 9.17) is 5.73 Å². The molecule has 0 aromatic heterocycles. The van der Waals surface area contributed by atoms with Crippen molar-refractivity contribution in [1.29, 1.82) is 0 Å². The molecule has 0 saturated carbocycles. The fourth-order valence-corrected chi connectivity index (χ4v) is 1.62. The molecule has 0 aliphatic heterocycles. The second-order valence-electron chi connectivity index (χ2n) is 4.39. The SMILES string of the molecule is CCCN(C)C(C)C(=O)Nc1cc(N)ccc1F. The first kappa shape index (κ1) is 14.4. The Labute approximate surface area is 107 Å². The third-order valence-corrected chi connectivity index (χ3v) is 2.87. The molecule has 0 aliphatic rings. The standard InChI is InChI=1S/C13H20FN3O/c1-4-7-17(3)9(2)13(18)16-12-8-10(15)5-6-11(12)14/h5-6,8-9H,4,7,15H2,1-3H3,(H,16,18). The van der Waals surface area contributed by atoms with Crippen LogP contribution in [0.4, 0.5) is 15.8 Å². The van der Waals surface area contributed by atoms with E-state index in [2.05, 4.69) is 5.32 Å². The molecule has 0 heterocycles. The third kappa shape index (κ3) is 3.70. The van der Waals surface area contributed by atoms with Crippen molar-refractivity contribution < 1.29 is 9.18 Å². The van der Waals surface area contributed by atoms with Gasteiger partial charge < -0.3 is 11.1 Å². The number of nitrogens with two attached hydrogens (primary N) is 1. The van der Waals surface area contributed by atoms with Crippen LogP contribution in [0, 0.1) is 5.82 Å². The van der Waals surface area contributed by atoms with Crippen LogP contribution in [0.2, 0.25) is 0 Å². The maximum Gasteiger partial charge on any atom is 0.241 e. The van der Waals surface area contributed by atoms with Crippen molar-refractivity contribution in [1.82, 2.24) is 4.90 Å². The lowest BCUT2D eigenvalue weighted by Gasteiger charge is -2.23. The maximum absolute atomic E-state index is 13.5. The second-order valence-corrected chi connectivity index (χ2v) is 4.39. The highest BCUT2D eigenvalue weighted by molar-refractivity contribution is 5.95. The summed E-state index contributed by atoms with van der Waals surface area (Å²) in [6.45, 7) is 4.64. The zero-order valence-corrected chi connectivity index (χ0v) is 11.0. The molecule has 5 heteroatoms. The number of likely N-dealkylation sites (N-methyl/N-ethyl adjacent to an activating group) is 1. The van der Waals surface area contributed by atoms with Crippen LogP contribution in [0.1, 0.15) is 20.3 Å². The summed E-state index contributed by atoms with van der Waals surface area (Å²) in [4.78, 5) is 13.8. The first-order chi connectivity index (χ1) is 8.45. The molecule has 0 spiro atoms. The fraction of sp³-hybridized carbons (Fsp3) is 0.462. The summed E-state index contributed by atoms with van der Waals surface area (Å²) < 4.78 is 13.5. The summed E-state index contributed by atoms with van der Waals surface area (Å²) in [7, 11) is 1.86. The lowest BCUT2D eigenvalue weighted by atomic mass is 10.2. The number of rotatable bonds is 5. The number of anilines is 2. The van der Waals surface area contributed by atoms with Crippen LogP contribution < -0.4 is 11.1 Å². The minimum absolute atomic E-state index is 0.122. The van der Waals surface area contributed by atoms with E-state index >= 15 is 0 Å². The van der Waals surface area contributed by atoms with E-state index in [9.17, 15) is 9.18 Å². The van der Waals surface area contributed by atoms with Gasteiger partial charge in [-0.15, -0.1) is 0 Å². The Kier molecular flexibility index (Phi) is 5.09. The fourth-order valence-electron chi connectivity index (χ4n) is 1.62. The van der Waals surface area contributed by atoms with Crippen molar-refractivity contribution in [3.63, 3.8) is 0 Å². The second kappa shape index (κ2) is 6.35. The summed E-state index contributed by atoms with van der Waals surface area (Å²) in [6.07, 6.45) is 0.959. The van der Waals surface area contributed by atoms with Gasteiger partial charge in [0.15, 0.2) is 0 Å². The maximum atomic E-state index is 13.5. The minimum Gasteiger partial charge on any atom is -0.399 e. The van der Waals surface area contributed by atoms with Gasteiger partial charge in [0.1, 0.15) is 5.82 Å².